The van der Waals surface area contributed by atoms with Gasteiger partial charge in [-0.25, -0.2) is 8.42 Å². The highest BCUT2D eigenvalue weighted by Crippen LogP contribution is 2.35. The maximum atomic E-state index is 12.5. The lowest BCUT2D eigenvalue weighted by atomic mass is 9.80. The summed E-state index contributed by atoms with van der Waals surface area (Å²) in [5.74, 6) is 1.35. The molecule has 3 nitrogen and oxygen atoms in total. The van der Waals surface area contributed by atoms with Crippen molar-refractivity contribution < 1.29 is 8.42 Å². The second kappa shape index (κ2) is 6.90. The van der Waals surface area contributed by atoms with Gasteiger partial charge >= 0.3 is 0 Å². The number of sulfone groups is 1. The molecule has 0 aromatic carbocycles. The molecule has 1 aliphatic carbocycles. The van der Waals surface area contributed by atoms with E-state index in [1.54, 1.807) is 0 Å². The fourth-order valence-electron chi connectivity index (χ4n) is 2.99. The zero-order valence-electron chi connectivity index (χ0n) is 12.1. The van der Waals surface area contributed by atoms with Crippen LogP contribution in [0.2, 0.25) is 0 Å². The van der Waals surface area contributed by atoms with Gasteiger partial charge in [-0.05, 0) is 37.1 Å². The van der Waals surface area contributed by atoms with Crippen LogP contribution in [0, 0.1) is 17.8 Å². The Morgan fingerprint density at radius 1 is 1.28 bits per heavy atom. The zero-order valence-corrected chi connectivity index (χ0v) is 12.9. The fraction of sp³-hybridized carbons (Fsp3) is 1.00. The van der Waals surface area contributed by atoms with Crippen molar-refractivity contribution in [3.63, 3.8) is 0 Å². The second-order valence-electron chi connectivity index (χ2n) is 5.96. The van der Waals surface area contributed by atoms with Crippen molar-refractivity contribution >= 4 is 9.84 Å². The Kier molecular flexibility index (Phi) is 6.12. The summed E-state index contributed by atoms with van der Waals surface area (Å²) in [7, 11) is -2.98. The third kappa shape index (κ3) is 3.95. The topological polar surface area (TPSA) is 60.2 Å². The minimum atomic E-state index is -2.98. The van der Waals surface area contributed by atoms with Gasteiger partial charge in [-0.2, -0.15) is 0 Å². The molecule has 18 heavy (non-hydrogen) atoms. The Morgan fingerprint density at radius 2 is 1.94 bits per heavy atom. The SMILES string of the molecule is CCC(C)CS(=O)(=O)C1CC(CC)CCC1CN. The maximum Gasteiger partial charge on any atom is 0.153 e. The predicted octanol–water partition coefficient (Wildman–Crippen LogP) is 2.60. The number of rotatable bonds is 6. The van der Waals surface area contributed by atoms with E-state index < -0.39 is 9.84 Å². The molecule has 0 saturated heterocycles. The van der Waals surface area contributed by atoms with E-state index in [4.69, 9.17) is 5.73 Å². The van der Waals surface area contributed by atoms with Crippen LogP contribution >= 0.6 is 0 Å². The molecule has 1 fully saturated rings. The molecule has 4 unspecified atom stereocenters. The van der Waals surface area contributed by atoms with E-state index in [1.807, 2.05) is 6.92 Å². The summed E-state index contributed by atoms with van der Waals surface area (Å²) in [4.78, 5) is 0. The van der Waals surface area contributed by atoms with Crippen LogP contribution in [-0.4, -0.2) is 26.0 Å². The fourth-order valence-corrected chi connectivity index (χ4v) is 5.67. The van der Waals surface area contributed by atoms with E-state index in [0.717, 1.165) is 32.1 Å². The predicted molar refractivity (Wildman–Crippen MR) is 77.2 cm³/mol. The first-order valence-corrected chi connectivity index (χ1v) is 9.07. The third-order valence-electron chi connectivity index (χ3n) is 4.59. The van der Waals surface area contributed by atoms with Crippen molar-refractivity contribution in [3.05, 3.63) is 0 Å². The molecular weight excluding hydrogens is 246 g/mol. The molecule has 0 bridgehead atoms. The zero-order chi connectivity index (χ0) is 13.8. The van der Waals surface area contributed by atoms with Gasteiger partial charge in [0.05, 0.1) is 11.0 Å². The molecule has 0 heterocycles. The van der Waals surface area contributed by atoms with E-state index in [2.05, 4.69) is 13.8 Å². The van der Waals surface area contributed by atoms with Crippen molar-refractivity contribution in [2.24, 2.45) is 23.5 Å². The number of hydrogen-bond acceptors (Lipinski definition) is 3. The summed E-state index contributed by atoms with van der Waals surface area (Å²) < 4.78 is 25.1. The first kappa shape index (κ1) is 16.0. The molecule has 0 aromatic heterocycles. The third-order valence-corrected chi connectivity index (χ3v) is 7.13. The van der Waals surface area contributed by atoms with Gasteiger partial charge in [0.25, 0.3) is 0 Å². The average molecular weight is 275 g/mol. The average Bonchev–Trinajstić information content (AvgIpc) is 2.37. The first-order valence-electron chi connectivity index (χ1n) is 7.36. The van der Waals surface area contributed by atoms with E-state index in [1.165, 1.54) is 0 Å². The van der Waals surface area contributed by atoms with Gasteiger partial charge < -0.3 is 5.73 Å². The molecule has 108 valence electrons. The summed E-state index contributed by atoms with van der Waals surface area (Å²) in [5, 5.41) is -0.185. The smallest absolute Gasteiger partial charge is 0.153 e. The molecule has 1 rings (SSSR count). The standard InChI is InChI=1S/C14H29NO2S/c1-4-11(3)10-18(16,17)14-8-12(5-2)6-7-13(14)9-15/h11-14H,4-10,15H2,1-3H3. The van der Waals surface area contributed by atoms with Crippen LogP contribution in [-0.2, 0) is 9.84 Å². The lowest BCUT2D eigenvalue weighted by molar-refractivity contribution is 0.275. The lowest BCUT2D eigenvalue weighted by Gasteiger charge is -2.35. The van der Waals surface area contributed by atoms with Crippen molar-refractivity contribution in [1.82, 2.24) is 0 Å². The van der Waals surface area contributed by atoms with Gasteiger partial charge in [0.15, 0.2) is 9.84 Å². The molecule has 0 aliphatic heterocycles. The van der Waals surface area contributed by atoms with Crippen molar-refractivity contribution in [3.8, 4) is 0 Å². The van der Waals surface area contributed by atoms with Crippen LogP contribution in [0.4, 0.5) is 0 Å². The minimum Gasteiger partial charge on any atom is -0.330 e. The highest BCUT2D eigenvalue weighted by molar-refractivity contribution is 7.92. The van der Waals surface area contributed by atoms with Gasteiger partial charge in [-0.1, -0.05) is 40.0 Å². The normalized spacial score (nSPS) is 31.2. The first-order chi connectivity index (χ1) is 8.44. The van der Waals surface area contributed by atoms with Crippen LogP contribution < -0.4 is 5.73 Å². The van der Waals surface area contributed by atoms with Crippen LogP contribution in [0.1, 0.15) is 52.9 Å². The van der Waals surface area contributed by atoms with Gasteiger partial charge in [0.1, 0.15) is 0 Å². The van der Waals surface area contributed by atoms with Crippen LogP contribution in [0.3, 0.4) is 0 Å². The van der Waals surface area contributed by atoms with Crippen molar-refractivity contribution in [2.45, 2.75) is 58.1 Å². The van der Waals surface area contributed by atoms with Crippen LogP contribution in [0.5, 0.6) is 0 Å². The molecule has 0 radical (unpaired) electrons. The molecular formula is C14H29NO2S. The van der Waals surface area contributed by atoms with Gasteiger partial charge in [-0.15, -0.1) is 0 Å². The molecule has 4 heteroatoms. The van der Waals surface area contributed by atoms with Crippen LogP contribution in [0.15, 0.2) is 0 Å². The lowest BCUT2D eigenvalue weighted by Crippen LogP contribution is -2.41. The summed E-state index contributed by atoms with van der Waals surface area (Å²) in [5.41, 5.74) is 5.78. The molecule has 0 aromatic rings. The quantitative estimate of drug-likeness (QED) is 0.810. The highest BCUT2D eigenvalue weighted by Gasteiger charge is 2.37. The number of nitrogens with two attached hydrogens (primary N) is 1. The Morgan fingerprint density at radius 3 is 2.44 bits per heavy atom. The largest absolute Gasteiger partial charge is 0.330 e. The molecule has 2 N–H and O–H groups in total. The summed E-state index contributed by atoms with van der Waals surface area (Å²) in [6.45, 7) is 6.75. The van der Waals surface area contributed by atoms with Gasteiger partial charge in [0, 0.05) is 0 Å². The monoisotopic (exact) mass is 275 g/mol. The van der Waals surface area contributed by atoms with E-state index >= 15 is 0 Å². The summed E-state index contributed by atoms with van der Waals surface area (Å²) in [6, 6.07) is 0. The second-order valence-corrected chi connectivity index (χ2v) is 8.23. The Balaban J connectivity index is 2.80. The van der Waals surface area contributed by atoms with Crippen molar-refractivity contribution in [2.75, 3.05) is 12.3 Å². The molecule has 0 spiro atoms. The molecule has 1 saturated carbocycles. The van der Waals surface area contributed by atoms with Gasteiger partial charge in [-0.3, -0.25) is 0 Å². The molecule has 0 amide bonds. The van der Waals surface area contributed by atoms with Crippen molar-refractivity contribution in [1.29, 1.82) is 0 Å². The maximum absolute atomic E-state index is 12.5. The summed E-state index contributed by atoms with van der Waals surface area (Å²) >= 11 is 0. The Bertz CT molecular complexity index is 340. The van der Waals surface area contributed by atoms with E-state index in [0.29, 0.717) is 18.2 Å². The molecule has 1 aliphatic rings. The van der Waals surface area contributed by atoms with E-state index in [9.17, 15) is 8.42 Å². The number of hydrogen-bond donors (Lipinski definition) is 1. The van der Waals surface area contributed by atoms with Crippen LogP contribution in [0.25, 0.3) is 0 Å². The minimum absolute atomic E-state index is 0.182. The Labute approximate surface area is 112 Å². The highest BCUT2D eigenvalue weighted by atomic mass is 32.2. The summed E-state index contributed by atoms with van der Waals surface area (Å²) in [6.07, 6.45) is 4.98. The molecule has 4 atom stereocenters. The van der Waals surface area contributed by atoms with Gasteiger partial charge in [0.2, 0.25) is 0 Å². The Hall–Kier alpha value is -0.0900. The van der Waals surface area contributed by atoms with E-state index in [-0.39, 0.29) is 17.1 Å².